The Labute approximate surface area is 156 Å². The predicted molar refractivity (Wildman–Crippen MR) is 90.7 cm³/mol. The summed E-state index contributed by atoms with van der Waals surface area (Å²) < 4.78 is 5.42. The van der Waals surface area contributed by atoms with Crippen molar-refractivity contribution in [3.8, 4) is 16.9 Å². The molecule has 21 heavy (non-hydrogen) atoms. The molecule has 0 bridgehead atoms. The second-order valence-electron chi connectivity index (χ2n) is 5.58. The quantitative estimate of drug-likeness (QED) is 0.582. The molecule has 0 aliphatic carbocycles. The summed E-state index contributed by atoms with van der Waals surface area (Å²) in [6.07, 6.45) is 0. The van der Waals surface area contributed by atoms with Gasteiger partial charge in [0.15, 0.2) is 0 Å². The molecular weight excluding hydrogens is 362 g/mol. The Bertz CT molecular complexity index is 594. The zero-order valence-corrected chi connectivity index (χ0v) is 16.1. The van der Waals surface area contributed by atoms with Gasteiger partial charge in [-0.1, -0.05) is 0 Å². The summed E-state index contributed by atoms with van der Waals surface area (Å²) in [7, 11) is 0. The van der Waals surface area contributed by atoms with E-state index in [0.717, 1.165) is 21.9 Å². The fraction of sp³-hybridized carbons (Fsp3) is 0.250. The molecular formula is C16H18Cl3OTi. The van der Waals surface area contributed by atoms with Gasteiger partial charge in [0.1, 0.15) is 0 Å². The van der Waals surface area contributed by atoms with Crippen molar-refractivity contribution >= 4 is 36.4 Å². The first kappa shape index (κ1) is 20.8. The Morgan fingerprint density at radius 2 is 1.62 bits per heavy atom. The van der Waals surface area contributed by atoms with Gasteiger partial charge >= 0.3 is 132 Å². The van der Waals surface area contributed by atoms with E-state index in [2.05, 4.69) is 32.9 Å². The fourth-order valence-corrected chi connectivity index (χ4v) is 2.49. The van der Waals surface area contributed by atoms with E-state index >= 15 is 0 Å². The Balaban J connectivity index is 0.00000200. The van der Waals surface area contributed by atoms with E-state index in [0.29, 0.717) is 0 Å². The molecule has 0 aromatic heterocycles. The monoisotopic (exact) mass is 379 g/mol. The van der Waals surface area contributed by atoms with Gasteiger partial charge in [0.25, 0.3) is 0 Å². The molecule has 0 aliphatic heterocycles. The number of halogens is 3. The second kappa shape index (κ2) is 8.46. The molecule has 0 N–H and O–H groups in total. The van der Waals surface area contributed by atoms with Crippen molar-refractivity contribution < 1.29 is 24.1 Å². The van der Waals surface area contributed by atoms with Crippen LogP contribution in [0.3, 0.4) is 0 Å². The first-order valence-electron chi connectivity index (χ1n) is 6.16. The molecule has 1 nitrogen and oxygen atoms in total. The largest absolute Gasteiger partial charge is 0.147 e. The molecule has 0 aliphatic rings. The fourth-order valence-electron chi connectivity index (χ4n) is 1.97. The minimum absolute atomic E-state index is 0. The number of benzene rings is 2. The van der Waals surface area contributed by atoms with E-state index < -0.39 is 0 Å². The van der Waals surface area contributed by atoms with Crippen LogP contribution in [0, 0.1) is 0 Å². The molecule has 0 atom stereocenters. The van der Waals surface area contributed by atoms with Crippen molar-refractivity contribution in [2.24, 2.45) is 0 Å². The third-order valence-corrected chi connectivity index (χ3v) is 3.63. The van der Waals surface area contributed by atoms with E-state index in [9.17, 15) is 0 Å². The van der Waals surface area contributed by atoms with Crippen LogP contribution >= 0.6 is 36.4 Å². The summed E-state index contributed by atoms with van der Waals surface area (Å²) in [6.45, 7) is 6.56. The predicted octanol–water partition coefficient (Wildman–Crippen LogP) is 5.99. The van der Waals surface area contributed by atoms with Crippen molar-refractivity contribution in [3.63, 3.8) is 0 Å². The maximum atomic E-state index is 6.26. The standard InChI is InChI=1S/C16H17ClO.2ClH.Ti/c1-16(2,3)12-8-11(9-13(17)10-12)14-6-4-5-7-15(14)18;;;/h4-10,18H,1-3H3;2*1H;/q;;;+1/p-1. The Kier molecular flexibility index (Phi) is 8.38. The van der Waals surface area contributed by atoms with Gasteiger partial charge in [0.05, 0.1) is 0 Å². The zero-order valence-electron chi connectivity index (χ0n) is 12.1. The maximum absolute atomic E-state index is 6.26. The van der Waals surface area contributed by atoms with E-state index in [4.69, 9.17) is 14.9 Å². The van der Waals surface area contributed by atoms with Crippen molar-refractivity contribution in [2.45, 2.75) is 26.2 Å². The van der Waals surface area contributed by atoms with Crippen LogP contribution in [0.25, 0.3) is 11.1 Å². The molecule has 0 fully saturated rings. The molecule has 0 radical (unpaired) electrons. The normalized spacial score (nSPS) is 10.2. The second-order valence-corrected chi connectivity index (χ2v) is 6.33. The molecule has 0 saturated carbocycles. The molecule has 0 spiro atoms. The van der Waals surface area contributed by atoms with Crippen LogP contribution in [0.4, 0.5) is 0 Å². The first-order chi connectivity index (χ1) is 8.91. The van der Waals surface area contributed by atoms with Crippen LogP contribution in [0.2, 0.25) is 5.02 Å². The van der Waals surface area contributed by atoms with E-state index in [-0.39, 0.29) is 30.2 Å². The van der Waals surface area contributed by atoms with Gasteiger partial charge in [-0.2, -0.15) is 0 Å². The summed E-state index contributed by atoms with van der Waals surface area (Å²) in [5.74, 6) is 0.865. The van der Waals surface area contributed by atoms with Gasteiger partial charge in [0.2, 0.25) is 0 Å². The topological polar surface area (TPSA) is 9.23 Å². The maximum Gasteiger partial charge on any atom is -0.147 e. The molecule has 5 heteroatoms. The number of hydrogen-bond donors (Lipinski definition) is 0. The van der Waals surface area contributed by atoms with Gasteiger partial charge in [0, 0.05) is 0 Å². The summed E-state index contributed by atoms with van der Waals surface area (Å²) in [5, 5.41) is 0.758. The summed E-state index contributed by atoms with van der Waals surface area (Å²) in [4.78, 5) is 0. The minimum Gasteiger partial charge on any atom is -0.147 e. The van der Waals surface area contributed by atoms with Gasteiger partial charge < -0.3 is 0 Å². The SMILES string of the molecule is CC(C)(C)c1cc(Cl)cc(-c2ccccc2[O][Ti])c1.Cl.Cl. The van der Waals surface area contributed by atoms with Crippen LogP contribution in [0.1, 0.15) is 26.3 Å². The molecule has 0 amide bonds. The van der Waals surface area contributed by atoms with Crippen molar-refractivity contribution in [1.82, 2.24) is 0 Å². The van der Waals surface area contributed by atoms with Crippen molar-refractivity contribution in [1.29, 1.82) is 0 Å². The number of rotatable bonds is 2. The molecule has 2 aromatic rings. The van der Waals surface area contributed by atoms with Crippen LogP contribution in [-0.2, 0) is 26.2 Å². The summed E-state index contributed by atoms with van der Waals surface area (Å²) in [6, 6.07) is 14.2. The third-order valence-electron chi connectivity index (χ3n) is 3.07. The Morgan fingerprint density at radius 1 is 1.00 bits per heavy atom. The molecule has 0 saturated heterocycles. The average Bonchev–Trinajstić information content (AvgIpc) is 2.37. The molecule has 0 unspecified atom stereocenters. The zero-order chi connectivity index (χ0) is 14.0. The van der Waals surface area contributed by atoms with Crippen LogP contribution in [-0.4, -0.2) is 0 Å². The Morgan fingerprint density at radius 3 is 2.19 bits per heavy atom. The molecule has 2 aromatic carbocycles. The van der Waals surface area contributed by atoms with E-state index in [1.54, 1.807) is 20.8 Å². The summed E-state index contributed by atoms with van der Waals surface area (Å²) in [5.41, 5.74) is 3.45. The van der Waals surface area contributed by atoms with Gasteiger partial charge in [-0.15, -0.1) is 24.8 Å². The number of para-hydroxylation sites is 1. The molecule has 113 valence electrons. The van der Waals surface area contributed by atoms with Gasteiger partial charge in [-0.3, -0.25) is 0 Å². The average molecular weight is 381 g/mol. The van der Waals surface area contributed by atoms with E-state index in [1.165, 1.54) is 5.56 Å². The van der Waals surface area contributed by atoms with E-state index in [1.807, 2.05) is 30.3 Å². The van der Waals surface area contributed by atoms with Crippen molar-refractivity contribution in [3.05, 3.63) is 53.1 Å². The smallest absolute Gasteiger partial charge is 0.147 e. The number of hydrogen-bond acceptors (Lipinski definition) is 1. The molecule has 2 rings (SSSR count). The minimum atomic E-state index is 0. The van der Waals surface area contributed by atoms with Gasteiger partial charge in [-0.05, 0) is 0 Å². The third kappa shape index (κ3) is 5.19. The van der Waals surface area contributed by atoms with Gasteiger partial charge in [-0.25, -0.2) is 0 Å². The van der Waals surface area contributed by atoms with Crippen molar-refractivity contribution in [2.75, 3.05) is 0 Å². The Hall–Kier alpha value is -0.176. The van der Waals surface area contributed by atoms with Crippen LogP contribution < -0.4 is 3.32 Å². The summed E-state index contributed by atoms with van der Waals surface area (Å²) >= 11 is 7.95. The van der Waals surface area contributed by atoms with Crippen LogP contribution in [0.15, 0.2) is 42.5 Å². The van der Waals surface area contributed by atoms with Crippen LogP contribution in [0.5, 0.6) is 5.75 Å². The first-order valence-corrected chi connectivity index (χ1v) is 7.17. The molecule has 0 heterocycles.